The van der Waals surface area contributed by atoms with Gasteiger partial charge < -0.3 is 5.32 Å². The van der Waals surface area contributed by atoms with Gasteiger partial charge in [-0.25, -0.2) is 9.97 Å². The number of rotatable bonds is 2. The Morgan fingerprint density at radius 1 is 0.808 bits per heavy atom. The van der Waals surface area contributed by atoms with Crippen LogP contribution >= 0.6 is 11.6 Å². The first kappa shape index (κ1) is 16.6. The second kappa shape index (κ2) is 6.14. The Kier molecular flexibility index (Phi) is 3.92. The Labute approximate surface area is 151 Å². The number of benzene rings is 3. The van der Waals surface area contributed by atoms with Crippen LogP contribution in [0, 0.1) is 0 Å². The number of nitrogens with zero attached hydrogens (tertiary/aromatic N) is 2. The summed E-state index contributed by atoms with van der Waals surface area (Å²) in [5, 5.41) is 5.10. The van der Waals surface area contributed by atoms with Crippen LogP contribution in [0.4, 0.5) is 24.7 Å². The van der Waals surface area contributed by atoms with Crippen molar-refractivity contribution in [2.24, 2.45) is 0 Å². The molecule has 0 fully saturated rings. The highest BCUT2D eigenvalue weighted by atomic mass is 35.5. The fraction of sp³-hybridized carbons (Fsp3) is 0.0526. The largest absolute Gasteiger partial charge is 0.416 e. The summed E-state index contributed by atoms with van der Waals surface area (Å²) < 4.78 is 37.9. The maximum atomic E-state index is 12.6. The number of alkyl halides is 3. The van der Waals surface area contributed by atoms with E-state index >= 15 is 0 Å². The molecule has 0 saturated heterocycles. The lowest BCUT2D eigenvalue weighted by Crippen LogP contribution is -2.04. The average molecular weight is 374 g/mol. The summed E-state index contributed by atoms with van der Waals surface area (Å²) in [7, 11) is 0. The van der Waals surface area contributed by atoms with E-state index < -0.39 is 11.7 Å². The second-order valence-corrected chi connectivity index (χ2v) is 6.11. The number of aromatic nitrogens is 2. The normalized spacial score (nSPS) is 11.8. The van der Waals surface area contributed by atoms with Crippen molar-refractivity contribution in [3.05, 3.63) is 71.4 Å². The van der Waals surface area contributed by atoms with E-state index in [0.29, 0.717) is 16.7 Å². The zero-order valence-corrected chi connectivity index (χ0v) is 13.9. The van der Waals surface area contributed by atoms with E-state index in [9.17, 15) is 13.2 Å². The first-order valence-electron chi connectivity index (χ1n) is 7.70. The van der Waals surface area contributed by atoms with Crippen molar-refractivity contribution in [2.45, 2.75) is 6.18 Å². The number of hydrogen-bond donors (Lipinski definition) is 1. The lowest BCUT2D eigenvalue weighted by molar-refractivity contribution is -0.137. The summed E-state index contributed by atoms with van der Waals surface area (Å²) in [6, 6.07) is 16.2. The molecule has 0 radical (unpaired) electrons. The molecule has 3 nitrogen and oxygen atoms in total. The van der Waals surface area contributed by atoms with Crippen LogP contribution < -0.4 is 5.32 Å². The van der Waals surface area contributed by atoms with Crippen molar-refractivity contribution in [3.8, 4) is 0 Å². The SMILES string of the molecule is FC(F)(F)c1ccc(Nc2nc3cc4ccccc4cc3nc2Cl)cc1. The third-order valence-electron chi connectivity index (χ3n) is 3.96. The molecule has 130 valence electrons. The Hall–Kier alpha value is -2.86. The maximum Gasteiger partial charge on any atom is 0.416 e. The van der Waals surface area contributed by atoms with Crippen LogP contribution in [0.2, 0.25) is 5.15 Å². The Bertz CT molecular complexity index is 1110. The standard InChI is InChI=1S/C19H11ClF3N3/c20-17-18(24-14-7-5-13(6-8-14)19(21,22)23)26-16-10-12-4-2-1-3-11(12)9-15(16)25-17/h1-10H,(H,24,26). The van der Waals surface area contributed by atoms with Gasteiger partial charge in [0.2, 0.25) is 0 Å². The van der Waals surface area contributed by atoms with E-state index in [0.717, 1.165) is 22.9 Å². The topological polar surface area (TPSA) is 37.8 Å². The van der Waals surface area contributed by atoms with Gasteiger partial charge in [0.25, 0.3) is 0 Å². The van der Waals surface area contributed by atoms with Crippen molar-refractivity contribution < 1.29 is 13.2 Å². The predicted molar refractivity (Wildman–Crippen MR) is 96.8 cm³/mol. The van der Waals surface area contributed by atoms with E-state index in [4.69, 9.17) is 11.6 Å². The molecule has 7 heteroatoms. The molecule has 0 bridgehead atoms. The molecule has 1 heterocycles. The van der Waals surface area contributed by atoms with Crippen LogP contribution in [-0.4, -0.2) is 9.97 Å². The molecule has 0 unspecified atom stereocenters. The van der Waals surface area contributed by atoms with Gasteiger partial charge in [-0.15, -0.1) is 0 Å². The number of fused-ring (bicyclic) bond motifs is 2. The van der Waals surface area contributed by atoms with Gasteiger partial charge in [0.15, 0.2) is 11.0 Å². The molecule has 0 aliphatic carbocycles. The van der Waals surface area contributed by atoms with Gasteiger partial charge in [-0.3, -0.25) is 0 Å². The van der Waals surface area contributed by atoms with Crippen LogP contribution in [0.25, 0.3) is 21.8 Å². The summed E-state index contributed by atoms with van der Waals surface area (Å²) in [4.78, 5) is 8.80. The van der Waals surface area contributed by atoms with Gasteiger partial charge in [-0.2, -0.15) is 13.2 Å². The zero-order valence-electron chi connectivity index (χ0n) is 13.2. The molecule has 1 aromatic heterocycles. The number of nitrogens with one attached hydrogen (secondary N) is 1. The molecule has 0 aliphatic rings. The summed E-state index contributed by atoms with van der Waals surface area (Å²) in [6.07, 6.45) is -4.38. The molecule has 0 saturated carbocycles. The predicted octanol–water partition coefficient (Wildman–Crippen LogP) is 6.20. The minimum absolute atomic E-state index is 0.146. The van der Waals surface area contributed by atoms with Crippen LogP contribution in [-0.2, 0) is 6.18 Å². The van der Waals surface area contributed by atoms with Crippen molar-refractivity contribution in [1.29, 1.82) is 0 Å². The number of hydrogen-bond acceptors (Lipinski definition) is 3. The molecule has 4 aromatic rings. The molecule has 0 aliphatic heterocycles. The van der Waals surface area contributed by atoms with Gasteiger partial charge in [0.1, 0.15) is 0 Å². The minimum atomic E-state index is -4.38. The highest BCUT2D eigenvalue weighted by Crippen LogP contribution is 2.31. The lowest BCUT2D eigenvalue weighted by atomic mass is 10.1. The summed E-state index contributed by atoms with van der Waals surface area (Å²) in [5.41, 5.74) is 1.01. The first-order chi connectivity index (χ1) is 12.4. The van der Waals surface area contributed by atoms with Gasteiger partial charge >= 0.3 is 6.18 Å². The smallest absolute Gasteiger partial charge is 0.338 e. The summed E-state index contributed by atoms with van der Waals surface area (Å²) in [5.74, 6) is 0.286. The summed E-state index contributed by atoms with van der Waals surface area (Å²) in [6.45, 7) is 0. The zero-order chi connectivity index (χ0) is 18.3. The fourth-order valence-corrected chi connectivity index (χ4v) is 2.86. The number of halogens is 4. The molecule has 1 N–H and O–H groups in total. The van der Waals surface area contributed by atoms with Crippen molar-refractivity contribution >= 4 is 44.9 Å². The van der Waals surface area contributed by atoms with E-state index in [2.05, 4.69) is 15.3 Å². The van der Waals surface area contributed by atoms with Gasteiger partial charge in [0.05, 0.1) is 16.6 Å². The highest BCUT2D eigenvalue weighted by molar-refractivity contribution is 6.32. The maximum absolute atomic E-state index is 12.6. The Morgan fingerprint density at radius 3 is 1.96 bits per heavy atom. The molecular weight excluding hydrogens is 363 g/mol. The molecule has 0 spiro atoms. The Morgan fingerprint density at radius 2 is 1.38 bits per heavy atom. The van der Waals surface area contributed by atoms with E-state index in [1.165, 1.54) is 12.1 Å². The lowest BCUT2D eigenvalue weighted by Gasteiger charge is -2.11. The molecule has 26 heavy (non-hydrogen) atoms. The quantitative estimate of drug-likeness (QED) is 0.425. The molecule has 4 rings (SSSR count). The van der Waals surface area contributed by atoms with Crippen molar-refractivity contribution in [3.63, 3.8) is 0 Å². The first-order valence-corrected chi connectivity index (χ1v) is 8.08. The highest BCUT2D eigenvalue weighted by Gasteiger charge is 2.29. The Balaban J connectivity index is 1.72. The van der Waals surface area contributed by atoms with Gasteiger partial charge in [0, 0.05) is 5.69 Å². The van der Waals surface area contributed by atoms with Gasteiger partial charge in [-0.05, 0) is 47.2 Å². The fourth-order valence-electron chi connectivity index (χ4n) is 2.68. The monoisotopic (exact) mass is 373 g/mol. The second-order valence-electron chi connectivity index (χ2n) is 5.75. The van der Waals surface area contributed by atoms with Crippen LogP contribution in [0.15, 0.2) is 60.7 Å². The van der Waals surface area contributed by atoms with Crippen LogP contribution in [0.3, 0.4) is 0 Å². The van der Waals surface area contributed by atoms with E-state index in [1.807, 2.05) is 36.4 Å². The van der Waals surface area contributed by atoms with Crippen LogP contribution in [0.1, 0.15) is 5.56 Å². The van der Waals surface area contributed by atoms with E-state index in [-0.39, 0.29) is 11.0 Å². The van der Waals surface area contributed by atoms with E-state index in [1.54, 1.807) is 0 Å². The molecule has 0 amide bonds. The minimum Gasteiger partial charge on any atom is -0.338 e. The number of anilines is 2. The molecular formula is C19H11ClF3N3. The van der Waals surface area contributed by atoms with Crippen molar-refractivity contribution in [1.82, 2.24) is 9.97 Å². The van der Waals surface area contributed by atoms with Crippen molar-refractivity contribution in [2.75, 3.05) is 5.32 Å². The molecule has 3 aromatic carbocycles. The molecule has 0 atom stereocenters. The van der Waals surface area contributed by atoms with Crippen LogP contribution in [0.5, 0.6) is 0 Å². The third kappa shape index (κ3) is 3.15. The van der Waals surface area contributed by atoms with Gasteiger partial charge in [-0.1, -0.05) is 35.9 Å². The average Bonchev–Trinajstić information content (AvgIpc) is 2.60. The summed E-state index contributed by atoms with van der Waals surface area (Å²) >= 11 is 6.19. The third-order valence-corrected chi connectivity index (χ3v) is 4.23.